The first-order valence-electron chi connectivity index (χ1n) is 4.47. The predicted octanol–water partition coefficient (Wildman–Crippen LogP) is 1.40. The van der Waals surface area contributed by atoms with Crippen LogP contribution in [-0.4, -0.2) is 18.6 Å². The second-order valence-corrected chi connectivity index (χ2v) is 3.41. The molecule has 1 aliphatic rings. The van der Waals surface area contributed by atoms with E-state index in [4.69, 9.17) is 0 Å². The van der Waals surface area contributed by atoms with Crippen molar-refractivity contribution >= 4 is 0 Å². The van der Waals surface area contributed by atoms with E-state index >= 15 is 0 Å². The lowest BCUT2D eigenvalue weighted by molar-refractivity contribution is 0.693. The number of pyridine rings is 1. The van der Waals surface area contributed by atoms with E-state index in [2.05, 4.69) is 22.4 Å². The van der Waals surface area contributed by atoms with E-state index in [0.29, 0.717) is 0 Å². The number of rotatable bonds is 3. The van der Waals surface area contributed by atoms with Gasteiger partial charge in [0.15, 0.2) is 0 Å². The lowest BCUT2D eigenvalue weighted by atomic mass is 10.2. The van der Waals surface area contributed by atoms with Crippen molar-refractivity contribution in [2.75, 3.05) is 13.6 Å². The van der Waals surface area contributed by atoms with Crippen LogP contribution < -0.4 is 5.32 Å². The molecule has 2 rings (SSSR count). The summed E-state index contributed by atoms with van der Waals surface area (Å²) in [5.74, 6) is 1.54. The molecule has 1 fully saturated rings. The minimum absolute atomic E-state index is 0.721. The van der Waals surface area contributed by atoms with Crippen LogP contribution in [0.2, 0.25) is 0 Å². The summed E-state index contributed by atoms with van der Waals surface area (Å²) >= 11 is 0. The Balaban J connectivity index is 1.97. The van der Waals surface area contributed by atoms with E-state index in [0.717, 1.165) is 18.4 Å². The van der Waals surface area contributed by atoms with Gasteiger partial charge in [-0.2, -0.15) is 0 Å². The topological polar surface area (TPSA) is 24.9 Å². The van der Waals surface area contributed by atoms with Crippen LogP contribution in [0.15, 0.2) is 24.4 Å². The minimum Gasteiger partial charge on any atom is -0.319 e. The predicted molar refractivity (Wildman–Crippen MR) is 49.0 cm³/mol. The highest BCUT2D eigenvalue weighted by Gasteiger charge is 2.38. The van der Waals surface area contributed by atoms with Gasteiger partial charge in [-0.05, 0) is 38.1 Å². The highest BCUT2D eigenvalue weighted by atomic mass is 14.8. The van der Waals surface area contributed by atoms with Crippen molar-refractivity contribution in [2.24, 2.45) is 5.92 Å². The van der Waals surface area contributed by atoms with Crippen molar-refractivity contribution in [3.63, 3.8) is 0 Å². The fourth-order valence-corrected chi connectivity index (χ4v) is 1.69. The van der Waals surface area contributed by atoms with Crippen LogP contribution in [-0.2, 0) is 0 Å². The molecule has 0 unspecified atom stereocenters. The van der Waals surface area contributed by atoms with Crippen molar-refractivity contribution < 1.29 is 0 Å². The Kier molecular flexibility index (Phi) is 2.09. The lowest BCUT2D eigenvalue weighted by Gasteiger charge is -1.97. The summed E-state index contributed by atoms with van der Waals surface area (Å²) in [5, 5.41) is 3.20. The molecule has 0 spiro atoms. The van der Waals surface area contributed by atoms with Crippen molar-refractivity contribution in [3.05, 3.63) is 30.1 Å². The maximum Gasteiger partial charge on any atom is 0.0437 e. The molecule has 2 heteroatoms. The summed E-state index contributed by atoms with van der Waals surface area (Å²) < 4.78 is 0. The summed E-state index contributed by atoms with van der Waals surface area (Å²) in [6.45, 7) is 1.13. The van der Waals surface area contributed by atoms with E-state index in [1.807, 2.05) is 19.3 Å². The number of nitrogens with one attached hydrogen (secondary N) is 1. The highest BCUT2D eigenvalue weighted by Crippen LogP contribution is 2.45. The van der Waals surface area contributed by atoms with Crippen molar-refractivity contribution in [3.8, 4) is 0 Å². The van der Waals surface area contributed by atoms with Gasteiger partial charge in [0.1, 0.15) is 0 Å². The van der Waals surface area contributed by atoms with Gasteiger partial charge in [0, 0.05) is 17.8 Å². The smallest absolute Gasteiger partial charge is 0.0437 e. The molecular formula is C10H14N2. The summed E-state index contributed by atoms with van der Waals surface area (Å²) in [6.07, 6.45) is 3.18. The van der Waals surface area contributed by atoms with Gasteiger partial charge in [-0.15, -0.1) is 0 Å². The first-order chi connectivity index (χ1) is 5.92. The van der Waals surface area contributed by atoms with Crippen LogP contribution in [0.5, 0.6) is 0 Å². The fourth-order valence-electron chi connectivity index (χ4n) is 1.69. The Labute approximate surface area is 73.0 Å². The average Bonchev–Trinajstić information content (AvgIpc) is 2.87. The molecule has 1 heterocycles. The largest absolute Gasteiger partial charge is 0.319 e. The number of aromatic nitrogens is 1. The van der Waals surface area contributed by atoms with Crippen LogP contribution in [0.25, 0.3) is 0 Å². The summed E-state index contributed by atoms with van der Waals surface area (Å²) in [4.78, 5) is 4.35. The summed E-state index contributed by atoms with van der Waals surface area (Å²) in [5.41, 5.74) is 1.26. The van der Waals surface area contributed by atoms with Crippen LogP contribution >= 0.6 is 0 Å². The quantitative estimate of drug-likeness (QED) is 0.726. The molecule has 0 bridgehead atoms. The first-order valence-corrected chi connectivity index (χ1v) is 4.47. The van der Waals surface area contributed by atoms with Gasteiger partial charge in [0.2, 0.25) is 0 Å². The van der Waals surface area contributed by atoms with Gasteiger partial charge >= 0.3 is 0 Å². The van der Waals surface area contributed by atoms with Crippen LogP contribution in [0.4, 0.5) is 0 Å². The van der Waals surface area contributed by atoms with E-state index in [1.165, 1.54) is 12.1 Å². The molecule has 64 valence electrons. The van der Waals surface area contributed by atoms with Gasteiger partial charge in [-0.1, -0.05) is 6.07 Å². The molecule has 0 aromatic carbocycles. The van der Waals surface area contributed by atoms with Crippen LogP contribution in [0.1, 0.15) is 18.0 Å². The number of hydrogen-bond acceptors (Lipinski definition) is 2. The Morgan fingerprint density at radius 3 is 3.17 bits per heavy atom. The molecule has 1 aromatic heterocycles. The number of hydrogen-bond donors (Lipinski definition) is 1. The molecule has 0 amide bonds. The third-order valence-electron chi connectivity index (χ3n) is 2.46. The SMILES string of the molecule is CNC[C@@H]1C[C@H]1c1ccccn1. The molecule has 0 aliphatic heterocycles. The van der Waals surface area contributed by atoms with Crippen molar-refractivity contribution in [2.45, 2.75) is 12.3 Å². The van der Waals surface area contributed by atoms with Gasteiger partial charge in [-0.3, -0.25) is 4.98 Å². The first kappa shape index (κ1) is 7.74. The molecule has 2 atom stereocenters. The van der Waals surface area contributed by atoms with Gasteiger partial charge in [-0.25, -0.2) is 0 Å². The van der Waals surface area contributed by atoms with Crippen LogP contribution in [0, 0.1) is 5.92 Å². The standard InChI is InChI=1S/C10H14N2/c1-11-7-8-6-9(8)10-4-2-3-5-12-10/h2-5,8-9,11H,6-7H2,1H3/t8-,9+/m0/s1. The van der Waals surface area contributed by atoms with Gasteiger partial charge in [0.05, 0.1) is 0 Å². The third kappa shape index (κ3) is 1.48. The summed E-state index contributed by atoms with van der Waals surface area (Å²) in [7, 11) is 2.01. The molecule has 1 aromatic rings. The number of nitrogens with zero attached hydrogens (tertiary/aromatic N) is 1. The van der Waals surface area contributed by atoms with E-state index in [1.54, 1.807) is 0 Å². The van der Waals surface area contributed by atoms with Crippen molar-refractivity contribution in [1.29, 1.82) is 0 Å². The second-order valence-electron chi connectivity index (χ2n) is 3.41. The fraction of sp³-hybridized carbons (Fsp3) is 0.500. The molecule has 1 saturated carbocycles. The molecule has 0 radical (unpaired) electrons. The Morgan fingerprint density at radius 2 is 2.50 bits per heavy atom. The van der Waals surface area contributed by atoms with Crippen LogP contribution in [0.3, 0.4) is 0 Å². The van der Waals surface area contributed by atoms with E-state index in [-0.39, 0.29) is 0 Å². The van der Waals surface area contributed by atoms with Gasteiger partial charge in [0.25, 0.3) is 0 Å². The maximum absolute atomic E-state index is 4.35. The Morgan fingerprint density at radius 1 is 1.58 bits per heavy atom. The second kappa shape index (κ2) is 3.23. The zero-order chi connectivity index (χ0) is 8.39. The molecule has 1 N–H and O–H groups in total. The van der Waals surface area contributed by atoms with Gasteiger partial charge < -0.3 is 5.32 Å². The highest BCUT2D eigenvalue weighted by molar-refractivity contribution is 5.17. The molecule has 0 saturated heterocycles. The zero-order valence-corrected chi connectivity index (χ0v) is 7.33. The Bertz CT molecular complexity index is 245. The average molecular weight is 162 g/mol. The monoisotopic (exact) mass is 162 g/mol. The molecule has 1 aliphatic carbocycles. The molecular weight excluding hydrogens is 148 g/mol. The Hall–Kier alpha value is -0.890. The summed E-state index contributed by atoms with van der Waals surface area (Å²) in [6, 6.07) is 6.16. The normalized spacial score (nSPS) is 27.1. The molecule has 12 heavy (non-hydrogen) atoms. The van der Waals surface area contributed by atoms with E-state index in [9.17, 15) is 0 Å². The third-order valence-corrected chi connectivity index (χ3v) is 2.46. The lowest BCUT2D eigenvalue weighted by Crippen LogP contribution is -2.10. The zero-order valence-electron chi connectivity index (χ0n) is 7.33. The minimum atomic E-state index is 0.721. The molecule has 2 nitrogen and oxygen atoms in total. The van der Waals surface area contributed by atoms with Crippen molar-refractivity contribution in [1.82, 2.24) is 10.3 Å². The maximum atomic E-state index is 4.35. The van der Waals surface area contributed by atoms with E-state index < -0.39 is 0 Å².